The average Bonchev–Trinajstić information content (AvgIpc) is 3.12. The number of halogens is 1. The Balaban J connectivity index is 1.58. The van der Waals surface area contributed by atoms with E-state index in [1.165, 1.54) is 11.0 Å². The minimum Gasteiger partial charge on any atom is -0.442 e. The summed E-state index contributed by atoms with van der Waals surface area (Å²) < 4.78 is 20.1. The van der Waals surface area contributed by atoms with E-state index in [1.54, 1.807) is 17.0 Å². The second-order valence-electron chi connectivity index (χ2n) is 7.61. The van der Waals surface area contributed by atoms with Gasteiger partial charge in [0.15, 0.2) is 0 Å². The molecule has 0 saturated carbocycles. The van der Waals surface area contributed by atoms with Crippen molar-refractivity contribution < 1.29 is 28.6 Å². The maximum atomic E-state index is 14.8. The molecule has 0 aromatic heterocycles. The maximum Gasteiger partial charge on any atom is 0.414 e. The van der Waals surface area contributed by atoms with Crippen molar-refractivity contribution in [1.82, 2.24) is 10.2 Å². The first-order chi connectivity index (χ1) is 14.8. The van der Waals surface area contributed by atoms with Gasteiger partial charge in [0, 0.05) is 31.4 Å². The fourth-order valence-electron chi connectivity index (χ4n) is 3.51. The lowest BCUT2D eigenvalue weighted by atomic mass is 10.2. The Bertz CT molecular complexity index is 832. The fourth-order valence-corrected chi connectivity index (χ4v) is 4.10. The fraction of sp³-hybridized carbons (Fsp3) is 0.550. The van der Waals surface area contributed by atoms with E-state index < -0.39 is 24.6 Å². The molecule has 2 N–H and O–H groups in total. The molecule has 1 unspecified atom stereocenters. The number of cyclic esters (lactones) is 1. The number of carbonyl (C=O) groups excluding carboxylic acids is 3. The van der Waals surface area contributed by atoms with Gasteiger partial charge in [0.05, 0.1) is 24.5 Å². The van der Waals surface area contributed by atoms with Crippen molar-refractivity contribution >= 4 is 40.4 Å². The lowest BCUT2D eigenvalue weighted by Gasteiger charge is -2.36. The van der Waals surface area contributed by atoms with E-state index in [1.807, 2.05) is 18.7 Å². The molecule has 1 aromatic carbocycles. The average molecular weight is 455 g/mol. The first-order valence-corrected chi connectivity index (χ1v) is 11.0. The van der Waals surface area contributed by atoms with Gasteiger partial charge in [0.1, 0.15) is 18.5 Å². The molecule has 0 aliphatic carbocycles. The number of thioether (sulfide) groups is 1. The third-order valence-corrected chi connectivity index (χ3v) is 5.87. The standard InChI is InChI=1S/C20H27FN4O5S/c1-13(2)31-19(28)22-10-15-11-25(20(29)30-15)14-3-4-17(16(21)9-14)23-5-7-24(8-6-23)18(27)12-26/h3-4,9,13,15,26H,5-8,10-12H2,1-2H3,(H,22,28). The highest BCUT2D eigenvalue weighted by atomic mass is 32.2. The summed E-state index contributed by atoms with van der Waals surface area (Å²) in [6.07, 6.45) is -1.09. The molecule has 0 spiro atoms. The summed E-state index contributed by atoms with van der Waals surface area (Å²) in [6, 6.07) is 4.55. The lowest BCUT2D eigenvalue weighted by Crippen LogP contribution is -2.49. The molecule has 1 aromatic rings. The number of carbonyl (C=O) groups is 3. The van der Waals surface area contributed by atoms with E-state index in [-0.39, 0.29) is 29.5 Å². The maximum absolute atomic E-state index is 14.8. The molecule has 11 heteroatoms. The van der Waals surface area contributed by atoms with E-state index in [0.717, 1.165) is 11.8 Å². The Labute approximate surface area is 184 Å². The number of hydrogen-bond acceptors (Lipinski definition) is 7. The van der Waals surface area contributed by atoms with Crippen LogP contribution in [0.4, 0.5) is 25.4 Å². The lowest BCUT2D eigenvalue weighted by molar-refractivity contribution is -0.134. The third-order valence-electron chi connectivity index (χ3n) is 5.04. The van der Waals surface area contributed by atoms with Crippen molar-refractivity contribution in [2.24, 2.45) is 0 Å². The molecule has 2 saturated heterocycles. The van der Waals surface area contributed by atoms with Crippen molar-refractivity contribution in [2.45, 2.75) is 25.2 Å². The van der Waals surface area contributed by atoms with Crippen molar-refractivity contribution in [3.05, 3.63) is 24.0 Å². The zero-order chi connectivity index (χ0) is 22.5. The number of piperazine rings is 1. The van der Waals surface area contributed by atoms with E-state index in [0.29, 0.717) is 37.6 Å². The molecule has 3 rings (SSSR count). The molecule has 2 aliphatic rings. The molecule has 3 amide bonds. The van der Waals surface area contributed by atoms with Crippen LogP contribution in [-0.4, -0.2) is 84.5 Å². The first kappa shape index (κ1) is 23.1. The molecule has 31 heavy (non-hydrogen) atoms. The predicted molar refractivity (Wildman–Crippen MR) is 116 cm³/mol. The number of hydrogen-bond donors (Lipinski definition) is 2. The number of aliphatic hydroxyl groups excluding tert-OH is 1. The van der Waals surface area contributed by atoms with Crippen LogP contribution in [-0.2, 0) is 9.53 Å². The number of rotatable bonds is 6. The van der Waals surface area contributed by atoms with Crippen LogP contribution in [0, 0.1) is 5.82 Å². The van der Waals surface area contributed by atoms with Gasteiger partial charge in [-0.2, -0.15) is 0 Å². The first-order valence-electron chi connectivity index (χ1n) is 10.1. The molecule has 1 atom stereocenters. The number of nitrogens with zero attached hydrogens (tertiary/aromatic N) is 3. The number of benzene rings is 1. The van der Waals surface area contributed by atoms with Crippen LogP contribution in [0.2, 0.25) is 0 Å². The summed E-state index contributed by atoms with van der Waals surface area (Å²) in [6.45, 7) is 5.40. The molecule has 2 fully saturated rings. The SMILES string of the molecule is CC(C)SC(=O)NCC1CN(c2ccc(N3CCN(C(=O)CO)CC3)c(F)c2)C(=O)O1. The van der Waals surface area contributed by atoms with Crippen molar-refractivity contribution in [2.75, 3.05) is 55.7 Å². The van der Waals surface area contributed by atoms with Crippen LogP contribution < -0.4 is 15.1 Å². The summed E-state index contributed by atoms with van der Waals surface area (Å²) in [5, 5.41) is 11.7. The van der Waals surface area contributed by atoms with Gasteiger partial charge in [-0.3, -0.25) is 14.5 Å². The highest BCUT2D eigenvalue weighted by Crippen LogP contribution is 2.28. The minimum absolute atomic E-state index is 0.155. The summed E-state index contributed by atoms with van der Waals surface area (Å²) >= 11 is 1.16. The zero-order valence-electron chi connectivity index (χ0n) is 17.5. The van der Waals surface area contributed by atoms with Crippen LogP contribution in [0.1, 0.15) is 13.8 Å². The molecule has 2 heterocycles. The highest BCUT2D eigenvalue weighted by molar-refractivity contribution is 8.14. The molecular formula is C20H27FN4O5S. The highest BCUT2D eigenvalue weighted by Gasteiger charge is 2.33. The number of anilines is 2. The second-order valence-corrected chi connectivity index (χ2v) is 9.16. The van der Waals surface area contributed by atoms with Crippen LogP contribution in [0.25, 0.3) is 0 Å². The van der Waals surface area contributed by atoms with E-state index in [2.05, 4.69) is 5.32 Å². The number of aliphatic hydroxyl groups is 1. The van der Waals surface area contributed by atoms with E-state index in [4.69, 9.17) is 9.84 Å². The summed E-state index contributed by atoms with van der Waals surface area (Å²) in [7, 11) is 0. The molecule has 2 aliphatic heterocycles. The van der Waals surface area contributed by atoms with Gasteiger partial charge in [-0.1, -0.05) is 25.6 Å². The van der Waals surface area contributed by atoms with Gasteiger partial charge in [0.25, 0.3) is 5.24 Å². The van der Waals surface area contributed by atoms with Gasteiger partial charge in [0.2, 0.25) is 5.91 Å². The molecular weight excluding hydrogens is 427 g/mol. The van der Waals surface area contributed by atoms with Gasteiger partial charge < -0.3 is 25.0 Å². The largest absolute Gasteiger partial charge is 0.442 e. The topological polar surface area (TPSA) is 102 Å². The van der Waals surface area contributed by atoms with Crippen molar-refractivity contribution in [1.29, 1.82) is 0 Å². The van der Waals surface area contributed by atoms with Crippen molar-refractivity contribution in [3.63, 3.8) is 0 Å². The predicted octanol–water partition coefficient (Wildman–Crippen LogP) is 1.64. The third kappa shape index (κ3) is 5.79. The molecule has 170 valence electrons. The molecule has 0 radical (unpaired) electrons. The summed E-state index contributed by atoms with van der Waals surface area (Å²) in [5.41, 5.74) is 0.771. The van der Waals surface area contributed by atoms with Crippen LogP contribution in [0.5, 0.6) is 0 Å². The Morgan fingerprint density at radius 3 is 2.61 bits per heavy atom. The normalized spacial score (nSPS) is 19.1. The summed E-state index contributed by atoms with van der Waals surface area (Å²) in [4.78, 5) is 40.3. The van der Waals surface area contributed by atoms with Gasteiger partial charge in [-0.05, 0) is 18.2 Å². The van der Waals surface area contributed by atoms with Crippen LogP contribution >= 0.6 is 11.8 Å². The quantitative estimate of drug-likeness (QED) is 0.674. The van der Waals surface area contributed by atoms with Crippen molar-refractivity contribution in [3.8, 4) is 0 Å². The Kier molecular flexibility index (Phi) is 7.60. The van der Waals surface area contributed by atoms with Gasteiger partial charge >= 0.3 is 6.09 Å². The zero-order valence-corrected chi connectivity index (χ0v) is 18.4. The monoisotopic (exact) mass is 454 g/mol. The smallest absolute Gasteiger partial charge is 0.414 e. The van der Waals surface area contributed by atoms with E-state index >= 15 is 0 Å². The Morgan fingerprint density at radius 2 is 2.00 bits per heavy atom. The van der Waals surface area contributed by atoms with Crippen LogP contribution in [0.3, 0.4) is 0 Å². The van der Waals surface area contributed by atoms with Gasteiger partial charge in [-0.25, -0.2) is 9.18 Å². The number of amides is 3. The second kappa shape index (κ2) is 10.2. The number of nitrogens with one attached hydrogen (secondary N) is 1. The van der Waals surface area contributed by atoms with Crippen LogP contribution in [0.15, 0.2) is 18.2 Å². The van der Waals surface area contributed by atoms with Gasteiger partial charge in [-0.15, -0.1) is 0 Å². The number of ether oxygens (including phenoxy) is 1. The minimum atomic E-state index is -0.584. The molecule has 0 bridgehead atoms. The van der Waals surface area contributed by atoms with E-state index in [9.17, 15) is 18.8 Å². The summed E-state index contributed by atoms with van der Waals surface area (Å²) in [5.74, 6) is -0.811. The molecule has 9 nitrogen and oxygen atoms in total. The Hall–Kier alpha value is -2.53. The Morgan fingerprint density at radius 1 is 1.29 bits per heavy atom.